The van der Waals surface area contributed by atoms with E-state index in [9.17, 15) is 14.4 Å². The second kappa shape index (κ2) is 18.6. The van der Waals surface area contributed by atoms with Crippen molar-refractivity contribution in [3.8, 4) is 0 Å². The number of rotatable bonds is 18. The minimum Gasteiger partial charge on any atom is -0.481 e. The second-order valence-corrected chi connectivity index (χ2v) is 7.03. The molecule has 0 aliphatic heterocycles. The standard InChI is InChI=1S/C21H37NO6/c1-2-3-4-5-6-7-8-9-10-11-12-13-16-22-19(14-15-20(25)26)28-21(27)18(24)17-23/h23H,2-17H2,1H3,(H,25,26). The number of Topliss-reactive ketones (excluding diaryl/α,β-unsaturated/α-hetero) is 1. The van der Waals surface area contributed by atoms with Crippen molar-refractivity contribution >= 4 is 23.6 Å². The van der Waals surface area contributed by atoms with Gasteiger partial charge in [0.15, 0.2) is 5.90 Å². The molecule has 0 saturated heterocycles. The molecule has 162 valence electrons. The summed E-state index contributed by atoms with van der Waals surface area (Å²) in [5.41, 5.74) is 0. The molecular formula is C21H37NO6. The number of hydrogen-bond donors (Lipinski definition) is 2. The number of ketones is 1. The van der Waals surface area contributed by atoms with Crippen LogP contribution in [0.3, 0.4) is 0 Å². The topological polar surface area (TPSA) is 113 Å². The Kier molecular flexibility index (Phi) is 17.4. The number of esters is 1. The summed E-state index contributed by atoms with van der Waals surface area (Å²) in [7, 11) is 0. The highest BCUT2D eigenvalue weighted by Crippen LogP contribution is 2.12. The fourth-order valence-electron chi connectivity index (χ4n) is 2.76. The molecule has 0 amide bonds. The van der Waals surface area contributed by atoms with Crippen molar-refractivity contribution in [2.75, 3.05) is 13.2 Å². The minimum absolute atomic E-state index is 0.0575. The van der Waals surface area contributed by atoms with Crippen molar-refractivity contribution in [3.05, 3.63) is 0 Å². The number of unbranched alkanes of at least 4 members (excludes halogenated alkanes) is 11. The number of hydrogen-bond acceptors (Lipinski definition) is 6. The maximum Gasteiger partial charge on any atom is 0.383 e. The number of nitrogens with zero attached hydrogens (tertiary/aromatic N) is 1. The SMILES string of the molecule is CCCCCCCCCCCCCCN=C(CCC(=O)O)OC(=O)C(=O)CO. The predicted octanol–water partition coefficient (Wildman–Crippen LogP) is 4.06. The Hall–Kier alpha value is -1.76. The third-order valence-electron chi connectivity index (χ3n) is 4.43. The maximum absolute atomic E-state index is 11.4. The molecule has 0 aromatic carbocycles. The molecule has 0 bridgehead atoms. The van der Waals surface area contributed by atoms with Gasteiger partial charge in [-0.05, 0) is 6.42 Å². The first-order chi connectivity index (χ1) is 13.5. The molecule has 0 heterocycles. The molecule has 0 atom stereocenters. The summed E-state index contributed by atoms with van der Waals surface area (Å²) in [5, 5.41) is 17.4. The summed E-state index contributed by atoms with van der Waals surface area (Å²) >= 11 is 0. The molecule has 0 spiro atoms. The average Bonchev–Trinajstić information content (AvgIpc) is 2.68. The van der Waals surface area contributed by atoms with E-state index in [2.05, 4.69) is 11.9 Å². The van der Waals surface area contributed by atoms with Gasteiger partial charge in [0.1, 0.15) is 6.61 Å². The number of ether oxygens (including phenoxy) is 1. The van der Waals surface area contributed by atoms with Crippen molar-refractivity contribution in [1.82, 2.24) is 0 Å². The van der Waals surface area contributed by atoms with Crippen LogP contribution in [0.5, 0.6) is 0 Å². The van der Waals surface area contributed by atoms with Crippen LogP contribution >= 0.6 is 0 Å². The van der Waals surface area contributed by atoms with Gasteiger partial charge in [-0.15, -0.1) is 0 Å². The van der Waals surface area contributed by atoms with Gasteiger partial charge < -0.3 is 14.9 Å². The number of carboxylic acid groups (broad SMARTS) is 1. The lowest BCUT2D eigenvalue weighted by molar-refractivity contribution is -0.149. The Morgan fingerprint density at radius 3 is 1.75 bits per heavy atom. The Morgan fingerprint density at radius 2 is 1.29 bits per heavy atom. The molecule has 0 aromatic heterocycles. The van der Waals surface area contributed by atoms with Crippen LogP contribution in [-0.4, -0.2) is 47.0 Å². The van der Waals surface area contributed by atoms with E-state index in [1.165, 1.54) is 57.8 Å². The largest absolute Gasteiger partial charge is 0.481 e. The van der Waals surface area contributed by atoms with Crippen molar-refractivity contribution < 1.29 is 29.3 Å². The van der Waals surface area contributed by atoms with E-state index in [1.807, 2.05) is 0 Å². The molecule has 7 nitrogen and oxygen atoms in total. The summed E-state index contributed by atoms with van der Waals surface area (Å²) in [5.74, 6) is -3.38. The molecule has 0 aromatic rings. The lowest BCUT2D eigenvalue weighted by Gasteiger charge is -2.06. The summed E-state index contributed by atoms with van der Waals surface area (Å²) in [6.07, 6.45) is 14.4. The molecular weight excluding hydrogens is 362 g/mol. The predicted molar refractivity (Wildman–Crippen MR) is 108 cm³/mol. The van der Waals surface area contributed by atoms with Crippen LogP contribution in [0.25, 0.3) is 0 Å². The molecule has 2 N–H and O–H groups in total. The zero-order valence-electron chi connectivity index (χ0n) is 17.3. The van der Waals surface area contributed by atoms with Crippen LogP contribution in [0, 0.1) is 0 Å². The zero-order valence-corrected chi connectivity index (χ0v) is 17.3. The fraction of sp³-hybridized carbons (Fsp3) is 0.810. The third-order valence-corrected chi connectivity index (χ3v) is 4.43. The molecule has 0 fully saturated rings. The Morgan fingerprint density at radius 1 is 0.786 bits per heavy atom. The van der Waals surface area contributed by atoms with E-state index in [0.717, 1.165) is 19.3 Å². The average molecular weight is 400 g/mol. The quantitative estimate of drug-likeness (QED) is 0.118. The maximum atomic E-state index is 11.4. The van der Waals surface area contributed by atoms with Crippen molar-refractivity contribution in [3.63, 3.8) is 0 Å². The van der Waals surface area contributed by atoms with Crippen LogP contribution in [0.4, 0.5) is 0 Å². The van der Waals surface area contributed by atoms with Gasteiger partial charge in [-0.2, -0.15) is 0 Å². The monoisotopic (exact) mass is 399 g/mol. The van der Waals surface area contributed by atoms with E-state index in [1.54, 1.807) is 0 Å². The highest BCUT2D eigenvalue weighted by atomic mass is 16.5. The fourth-order valence-corrected chi connectivity index (χ4v) is 2.76. The number of aliphatic carboxylic acids is 1. The molecule has 28 heavy (non-hydrogen) atoms. The highest BCUT2D eigenvalue weighted by Gasteiger charge is 2.17. The number of aliphatic hydroxyl groups is 1. The number of carboxylic acids is 1. The van der Waals surface area contributed by atoms with E-state index in [4.69, 9.17) is 14.9 Å². The van der Waals surface area contributed by atoms with Gasteiger partial charge in [-0.3, -0.25) is 14.6 Å². The molecule has 7 heteroatoms. The van der Waals surface area contributed by atoms with Gasteiger partial charge in [0, 0.05) is 13.0 Å². The lowest BCUT2D eigenvalue weighted by atomic mass is 10.1. The highest BCUT2D eigenvalue weighted by molar-refractivity contribution is 6.35. The van der Waals surface area contributed by atoms with E-state index < -0.39 is 24.3 Å². The van der Waals surface area contributed by atoms with Gasteiger partial charge >= 0.3 is 11.9 Å². The molecule has 0 radical (unpaired) electrons. The van der Waals surface area contributed by atoms with Gasteiger partial charge in [0.25, 0.3) is 5.78 Å². The first kappa shape index (κ1) is 26.2. The van der Waals surface area contributed by atoms with Crippen molar-refractivity contribution in [2.24, 2.45) is 4.99 Å². The number of aliphatic hydroxyl groups excluding tert-OH is 1. The summed E-state index contributed by atoms with van der Waals surface area (Å²) in [6.45, 7) is 1.71. The van der Waals surface area contributed by atoms with E-state index in [-0.39, 0.29) is 18.7 Å². The van der Waals surface area contributed by atoms with Gasteiger partial charge in [-0.25, -0.2) is 4.79 Å². The number of aliphatic imine (C=N–C) groups is 1. The second-order valence-electron chi connectivity index (χ2n) is 7.03. The number of carbonyl (C=O) groups excluding carboxylic acids is 2. The Balaban J connectivity index is 3.88. The van der Waals surface area contributed by atoms with Crippen LogP contribution in [0.2, 0.25) is 0 Å². The zero-order chi connectivity index (χ0) is 21.0. The summed E-state index contributed by atoms with van der Waals surface area (Å²) in [6, 6.07) is 0. The lowest BCUT2D eigenvalue weighted by Crippen LogP contribution is -2.24. The van der Waals surface area contributed by atoms with E-state index >= 15 is 0 Å². The normalized spacial score (nSPS) is 11.4. The van der Waals surface area contributed by atoms with Crippen LogP contribution in [-0.2, 0) is 19.1 Å². The number of carbonyl (C=O) groups is 3. The third kappa shape index (κ3) is 16.4. The smallest absolute Gasteiger partial charge is 0.383 e. The van der Waals surface area contributed by atoms with Crippen LogP contribution < -0.4 is 0 Å². The Labute approximate surface area is 168 Å². The Bertz CT molecular complexity index is 476. The molecule has 0 aliphatic rings. The summed E-state index contributed by atoms with van der Waals surface area (Å²) in [4.78, 5) is 37.3. The summed E-state index contributed by atoms with van der Waals surface area (Å²) < 4.78 is 4.80. The minimum atomic E-state index is -1.21. The first-order valence-corrected chi connectivity index (χ1v) is 10.6. The molecule has 0 unspecified atom stereocenters. The first-order valence-electron chi connectivity index (χ1n) is 10.6. The van der Waals surface area contributed by atoms with Crippen molar-refractivity contribution in [1.29, 1.82) is 0 Å². The van der Waals surface area contributed by atoms with Crippen LogP contribution in [0.15, 0.2) is 4.99 Å². The van der Waals surface area contributed by atoms with Gasteiger partial charge in [0.05, 0.1) is 6.42 Å². The van der Waals surface area contributed by atoms with Crippen LogP contribution in [0.1, 0.15) is 96.8 Å². The molecule has 0 saturated carbocycles. The van der Waals surface area contributed by atoms with Crippen molar-refractivity contribution in [2.45, 2.75) is 96.8 Å². The van der Waals surface area contributed by atoms with E-state index in [0.29, 0.717) is 6.54 Å². The van der Waals surface area contributed by atoms with Gasteiger partial charge in [-0.1, -0.05) is 77.6 Å². The molecule has 0 aliphatic carbocycles. The van der Waals surface area contributed by atoms with Gasteiger partial charge in [0.2, 0.25) is 0 Å². The molecule has 0 rings (SSSR count).